The summed E-state index contributed by atoms with van der Waals surface area (Å²) in [5.74, 6) is -1.12. The number of carbonyl (C=O) groups is 2. The zero-order chi connectivity index (χ0) is 12.8. The van der Waals surface area contributed by atoms with E-state index in [2.05, 4.69) is 0 Å². The van der Waals surface area contributed by atoms with Gasteiger partial charge in [-0.25, -0.2) is 0 Å². The first-order chi connectivity index (χ1) is 8.08. The molecule has 0 aromatic heterocycles. The van der Waals surface area contributed by atoms with Gasteiger partial charge in [-0.1, -0.05) is 13.8 Å². The number of carboxylic acids is 1. The summed E-state index contributed by atoms with van der Waals surface area (Å²) in [6.45, 7) is 7.20. The summed E-state index contributed by atoms with van der Waals surface area (Å²) in [5, 5.41) is 8.96. The molecule has 0 aromatic rings. The first-order valence-corrected chi connectivity index (χ1v) is 6.31. The van der Waals surface area contributed by atoms with Crippen LogP contribution in [0.4, 0.5) is 0 Å². The summed E-state index contributed by atoms with van der Waals surface area (Å²) in [6.07, 6.45) is 1.48. The standard InChI is InChI=1S/C12H22N2O3/c1-3-13(4-2)9-11(15)14-7-5-6-10(8-14)12(16)17/h10H,3-9H2,1-2H3,(H,16,17). The number of likely N-dealkylation sites (N-methyl/N-ethyl adjacent to an activating group) is 1. The number of carbonyl (C=O) groups excluding carboxylic acids is 1. The van der Waals surface area contributed by atoms with E-state index in [0.717, 1.165) is 19.5 Å². The molecule has 0 radical (unpaired) electrons. The number of rotatable bonds is 5. The van der Waals surface area contributed by atoms with Crippen LogP contribution in [-0.2, 0) is 9.59 Å². The molecule has 0 spiro atoms. The SMILES string of the molecule is CCN(CC)CC(=O)N1CCCC(C(=O)O)C1. The molecular formula is C12H22N2O3. The van der Waals surface area contributed by atoms with Crippen LogP contribution in [0.3, 0.4) is 0 Å². The van der Waals surface area contributed by atoms with Gasteiger partial charge in [-0.05, 0) is 25.9 Å². The fraction of sp³-hybridized carbons (Fsp3) is 0.833. The predicted molar refractivity (Wildman–Crippen MR) is 64.7 cm³/mol. The minimum atomic E-state index is -0.787. The zero-order valence-corrected chi connectivity index (χ0v) is 10.7. The molecule has 0 aliphatic carbocycles. The van der Waals surface area contributed by atoms with E-state index < -0.39 is 5.97 Å². The van der Waals surface area contributed by atoms with E-state index in [4.69, 9.17) is 5.11 Å². The first kappa shape index (κ1) is 14.0. The molecule has 98 valence electrons. The average Bonchev–Trinajstić information content (AvgIpc) is 2.35. The van der Waals surface area contributed by atoms with Gasteiger partial charge in [-0.15, -0.1) is 0 Å². The van der Waals surface area contributed by atoms with E-state index in [1.165, 1.54) is 0 Å². The van der Waals surface area contributed by atoms with Gasteiger partial charge < -0.3 is 10.0 Å². The molecular weight excluding hydrogens is 220 g/mol. The third-order valence-corrected chi connectivity index (χ3v) is 3.38. The lowest BCUT2D eigenvalue weighted by Crippen LogP contribution is -2.46. The highest BCUT2D eigenvalue weighted by Gasteiger charge is 2.28. The monoisotopic (exact) mass is 242 g/mol. The van der Waals surface area contributed by atoms with Crippen LogP contribution in [0.1, 0.15) is 26.7 Å². The van der Waals surface area contributed by atoms with Crippen molar-refractivity contribution in [1.29, 1.82) is 0 Å². The Kier molecular flexibility index (Phi) is 5.41. The minimum absolute atomic E-state index is 0.0552. The quantitative estimate of drug-likeness (QED) is 0.769. The van der Waals surface area contributed by atoms with E-state index in [0.29, 0.717) is 26.1 Å². The Bertz CT molecular complexity index is 277. The molecule has 1 aliphatic heterocycles. The fourth-order valence-electron chi connectivity index (χ4n) is 2.14. The van der Waals surface area contributed by atoms with Crippen molar-refractivity contribution in [3.05, 3.63) is 0 Å². The van der Waals surface area contributed by atoms with Crippen LogP contribution in [-0.4, -0.2) is 59.5 Å². The maximum absolute atomic E-state index is 12.0. The number of hydrogen-bond acceptors (Lipinski definition) is 3. The third-order valence-electron chi connectivity index (χ3n) is 3.38. The van der Waals surface area contributed by atoms with Crippen LogP contribution in [0, 0.1) is 5.92 Å². The average molecular weight is 242 g/mol. The molecule has 1 N–H and O–H groups in total. The number of nitrogens with zero attached hydrogens (tertiary/aromatic N) is 2. The van der Waals surface area contributed by atoms with Crippen LogP contribution in [0.15, 0.2) is 0 Å². The smallest absolute Gasteiger partial charge is 0.308 e. The molecule has 0 saturated carbocycles. The largest absolute Gasteiger partial charge is 0.481 e. The highest BCUT2D eigenvalue weighted by molar-refractivity contribution is 5.79. The van der Waals surface area contributed by atoms with Gasteiger partial charge in [0.1, 0.15) is 0 Å². The topological polar surface area (TPSA) is 60.9 Å². The predicted octanol–water partition coefficient (Wildman–Crippen LogP) is 0.651. The summed E-state index contributed by atoms with van der Waals surface area (Å²) in [6, 6.07) is 0. The van der Waals surface area contributed by atoms with Gasteiger partial charge >= 0.3 is 5.97 Å². The van der Waals surface area contributed by atoms with Crippen molar-refractivity contribution in [3.8, 4) is 0 Å². The van der Waals surface area contributed by atoms with Crippen LogP contribution < -0.4 is 0 Å². The normalized spacial score (nSPS) is 20.6. The Labute approximate surface area is 102 Å². The summed E-state index contributed by atoms with van der Waals surface area (Å²) in [4.78, 5) is 26.6. The van der Waals surface area contributed by atoms with Crippen LogP contribution in [0.25, 0.3) is 0 Å². The Morgan fingerprint density at radius 3 is 2.53 bits per heavy atom. The fourth-order valence-corrected chi connectivity index (χ4v) is 2.14. The van der Waals surface area contributed by atoms with Crippen molar-refractivity contribution >= 4 is 11.9 Å². The Morgan fingerprint density at radius 1 is 1.35 bits per heavy atom. The first-order valence-electron chi connectivity index (χ1n) is 6.31. The van der Waals surface area contributed by atoms with E-state index in [-0.39, 0.29) is 11.8 Å². The van der Waals surface area contributed by atoms with E-state index >= 15 is 0 Å². The second kappa shape index (κ2) is 6.59. The molecule has 1 rings (SSSR count). The Hall–Kier alpha value is -1.10. The lowest BCUT2D eigenvalue weighted by atomic mass is 9.98. The van der Waals surface area contributed by atoms with Gasteiger partial charge in [0.2, 0.25) is 5.91 Å². The minimum Gasteiger partial charge on any atom is -0.481 e. The van der Waals surface area contributed by atoms with Gasteiger partial charge in [0, 0.05) is 13.1 Å². The maximum atomic E-state index is 12.0. The second-order valence-corrected chi connectivity index (χ2v) is 4.48. The van der Waals surface area contributed by atoms with Crippen molar-refractivity contribution in [2.24, 2.45) is 5.92 Å². The van der Waals surface area contributed by atoms with Crippen LogP contribution in [0.5, 0.6) is 0 Å². The third kappa shape index (κ3) is 4.00. The van der Waals surface area contributed by atoms with Crippen molar-refractivity contribution in [1.82, 2.24) is 9.80 Å². The van der Waals surface area contributed by atoms with Gasteiger partial charge in [0.25, 0.3) is 0 Å². The molecule has 1 saturated heterocycles. The highest BCUT2D eigenvalue weighted by atomic mass is 16.4. The van der Waals surface area contributed by atoms with E-state index in [1.807, 2.05) is 18.7 Å². The van der Waals surface area contributed by atoms with E-state index in [1.54, 1.807) is 4.90 Å². The molecule has 1 amide bonds. The second-order valence-electron chi connectivity index (χ2n) is 4.48. The number of piperidine rings is 1. The molecule has 1 heterocycles. The summed E-state index contributed by atoms with van der Waals surface area (Å²) in [7, 11) is 0. The van der Waals surface area contributed by atoms with Gasteiger partial charge in [-0.3, -0.25) is 14.5 Å². The summed E-state index contributed by atoms with van der Waals surface area (Å²) >= 11 is 0. The van der Waals surface area contributed by atoms with E-state index in [9.17, 15) is 9.59 Å². The summed E-state index contributed by atoms with van der Waals surface area (Å²) < 4.78 is 0. The maximum Gasteiger partial charge on any atom is 0.308 e. The number of carboxylic acid groups (broad SMARTS) is 1. The van der Waals surface area contributed by atoms with Gasteiger partial charge in [0.15, 0.2) is 0 Å². The van der Waals surface area contributed by atoms with Crippen LogP contribution >= 0.6 is 0 Å². The molecule has 0 bridgehead atoms. The molecule has 0 aromatic carbocycles. The highest BCUT2D eigenvalue weighted by Crippen LogP contribution is 2.16. The Morgan fingerprint density at radius 2 is 2.00 bits per heavy atom. The number of aliphatic carboxylic acids is 1. The van der Waals surface area contributed by atoms with Crippen molar-refractivity contribution in [2.75, 3.05) is 32.7 Å². The number of hydrogen-bond donors (Lipinski definition) is 1. The molecule has 5 nitrogen and oxygen atoms in total. The molecule has 1 unspecified atom stereocenters. The number of amides is 1. The molecule has 1 aliphatic rings. The molecule has 17 heavy (non-hydrogen) atoms. The molecule has 1 atom stereocenters. The van der Waals surface area contributed by atoms with Gasteiger partial charge in [0.05, 0.1) is 12.5 Å². The lowest BCUT2D eigenvalue weighted by Gasteiger charge is -2.32. The van der Waals surface area contributed by atoms with Crippen molar-refractivity contribution in [3.63, 3.8) is 0 Å². The summed E-state index contributed by atoms with van der Waals surface area (Å²) in [5.41, 5.74) is 0. The Balaban J connectivity index is 2.48. The van der Waals surface area contributed by atoms with Crippen molar-refractivity contribution in [2.45, 2.75) is 26.7 Å². The molecule has 5 heteroatoms. The van der Waals surface area contributed by atoms with Gasteiger partial charge in [-0.2, -0.15) is 0 Å². The van der Waals surface area contributed by atoms with Crippen molar-refractivity contribution < 1.29 is 14.7 Å². The lowest BCUT2D eigenvalue weighted by molar-refractivity contribution is -0.145. The zero-order valence-electron chi connectivity index (χ0n) is 10.7. The molecule has 1 fully saturated rings. The van der Waals surface area contributed by atoms with Crippen LogP contribution in [0.2, 0.25) is 0 Å². The number of likely N-dealkylation sites (tertiary alicyclic amines) is 1.